The standard InChI is InChI=1S/C25H15Cl2N3O2S/c26-17-8-6-16(7-9-17)14-22-24(32)30(20-4-2-1-3-5-20)25(33-22)21(15-28)23(31)29-19-12-10-18(27)11-13-19/h1-14H,(H,29,31)/b22-14-,25-21-. The molecule has 5 nitrogen and oxygen atoms in total. The van der Waals surface area contributed by atoms with Crippen LogP contribution < -0.4 is 20.1 Å². The van der Waals surface area contributed by atoms with Crippen LogP contribution in [0.15, 0.2) is 83.7 Å². The van der Waals surface area contributed by atoms with Crippen molar-refractivity contribution in [3.8, 4) is 11.8 Å². The lowest BCUT2D eigenvalue weighted by Crippen LogP contribution is -2.32. The normalized spacial score (nSPS) is 12.2. The summed E-state index contributed by atoms with van der Waals surface area (Å²) in [7, 11) is 0. The molecule has 0 aliphatic carbocycles. The number of rotatable bonds is 4. The summed E-state index contributed by atoms with van der Waals surface area (Å²) in [5, 5.41) is 13.7. The minimum Gasteiger partial charge on any atom is -0.321 e. The average molecular weight is 492 g/mol. The van der Waals surface area contributed by atoms with E-state index < -0.39 is 5.91 Å². The molecule has 1 amide bonds. The van der Waals surface area contributed by atoms with Gasteiger partial charge in [0.1, 0.15) is 10.7 Å². The van der Waals surface area contributed by atoms with Crippen LogP contribution >= 0.6 is 34.5 Å². The number of benzene rings is 3. The Hall–Kier alpha value is -3.63. The zero-order valence-corrected chi connectivity index (χ0v) is 19.3. The molecular formula is C25H15Cl2N3O2S. The van der Waals surface area contributed by atoms with E-state index in [1.54, 1.807) is 78.9 Å². The van der Waals surface area contributed by atoms with Crippen molar-refractivity contribution in [1.82, 2.24) is 4.57 Å². The van der Waals surface area contributed by atoms with Crippen molar-refractivity contribution in [3.05, 3.63) is 114 Å². The largest absolute Gasteiger partial charge is 0.321 e. The molecule has 0 saturated carbocycles. The highest BCUT2D eigenvalue weighted by Crippen LogP contribution is 2.14. The maximum atomic E-state index is 13.3. The van der Waals surface area contributed by atoms with Crippen LogP contribution in [0.5, 0.6) is 0 Å². The molecule has 0 aliphatic heterocycles. The zero-order valence-electron chi connectivity index (χ0n) is 17.0. The molecule has 4 rings (SSSR count). The predicted molar refractivity (Wildman–Crippen MR) is 133 cm³/mol. The number of nitrogens with zero attached hydrogens (tertiary/aromatic N) is 2. The van der Waals surface area contributed by atoms with Crippen molar-refractivity contribution in [1.29, 1.82) is 5.26 Å². The fraction of sp³-hybridized carbons (Fsp3) is 0. The summed E-state index contributed by atoms with van der Waals surface area (Å²) in [6, 6.07) is 24.4. The van der Waals surface area contributed by atoms with Crippen molar-refractivity contribution < 1.29 is 4.79 Å². The van der Waals surface area contributed by atoms with Gasteiger partial charge in [0, 0.05) is 15.7 Å². The highest BCUT2D eigenvalue weighted by atomic mass is 35.5. The topological polar surface area (TPSA) is 74.9 Å². The molecule has 0 bridgehead atoms. The molecule has 0 aliphatic rings. The first-order valence-corrected chi connectivity index (χ1v) is 11.3. The van der Waals surface area contributed by atoms with Gasteiger partial charge in [-0.15, -0.1) is 11.3 Å². The fourth-order valence-electron chi connectivity index (χ4n) is 3.09. The van der Waals surface area contributed by atoms with Gasteiger partial charge >= 0.3 is 0 Å². The second-order valence-electron chi connectivity index (χ2n) is 6.89. The van der Waals surface area contributed by atoms with Gasteiger partial charge in [-0.3, -0.25) is 14.2 Å². The van der Waals surface area contributed by atoms with Gasteiger partial charge in [0.15, 0.2) is 5.57 Å². The van der Waals surface area contributed by atoms with Gasteiger partial charge in [0.05, 0.1) is 10.2 Å². The first-order valence-electron chi connectivity index (χ1n) is 9.72. The number of nitriles is 1. The fourth-order valence-corrected chi connectivity index (χ4v) is 4.45. The van der Waals surface area contributed by atoms with Crippen LogP contribution in [-0.2, 0) is 4.79 Å². The monoisotopic (exact) mass is 491 g/mol. The Bertz CT molecular complexity index is 1530. The van der Waals surface area contributed by atoms with Crippen LogP contribution in [-0.4, -0.2) is 10.5 Å². The summed E-state index contributed by atoms with van der Waals surface area (Å²) in [4.78, 5) is 26.3. The Morgan fingerprint density at radius 3 is 2.15 bits per heavy atom. The number of thiazole rings is 1. The van der Waals surface area contributed by atoms with Crippen LogP contribution in [0, 0.1) is 11.3 Å². The lowest BCUT2D eigenvalue weighted by molar-refractivity contribution is -0.111. The quantitative estimate of drug-likeness (QED) is 0.461. The lowest BCUT2D eigenvalue weighted by Gasteiger charge is -2.06. The number of halogens is 2. The van der Waals surface area contributed by atoms with E-state index in [2.05, 4.69) is 5.32 Å². The van der Waals surface area contributed by atoms with Crippen LogP contribution in [0.1, 0.15) is 5.56 Å². The van der Waals surface area contributed by atoms with Gasteiger partial charge in [0.25, 0.3) is 11.5 Å². The maximum absolute atomic E-state index is 13.3. The van der Waals surface area contributed by atoms with Gasteiger partial charge in [-0.1, -0.05) is 53.5 Å². The first kappa shape index (κ1) is 22.6. The van der Waals surface area contributed by atoms with Crippen molar-refractivity contribution in [2.75, 3.05) is 5.32 Å². The Labute approximate surface area is 203 Å². The molecular weight excluding hydrogens is 477 g/mol. The van der Waals surface area contributed by atoms with E-state index in [-0.39, 0.29) is 15.8 Å². The highest BCUT2D eigenvalue weighted by Gasteiger charge is 2.17. The Morgan fingerprint density at radius 2 is 1.55 bits per heavy atom. The molecule has 33 heavy (non-hydrogen) atoms. The molecule has 0 fully saturated rings. The Morgan fingerprint density at radius 1 is 0.939 bits per heavy atom. The number of nitrogens with one attached hydrogen (secondary N) is 1. The Kier molecular flexibility index (Phi) is 6.76. The van der Waals surface area contributed by atoms with Crippen LogP contribution in [0.4, 0.5) is 5.69 Å². The SMILES string of the molecule is N#C/C(C(=O)Nc1ccc(Cl)cc1)=c1/s/c(=C\c2ccc(Cl)cc2)c(=O)n1-c1ccccc1. The summed E-state index contributed by atoms with van der Waals surface area (Å²) in [5.74, 6) is -0.621. The minimum atomic E-state index is -0.621. The van der Waals surface area contributed by atoms with Gasteiger partial charge in [-0.25, -0.2) is 0 Å². The smallest absolute Gasteiger partial charge is 0.273 e. The molecule has 3 aromatic carbocycles. The molecule has 1 aromatic heterocycles. The second kappa shape index (κ2) is 9.88. The molecule has 0 saturated heterocycles. The van der Waals surface area contributed by atoms with Crippen molar-refractivity contribution >= 4 is 57.8 Å². The number of anilines is 1. The third kappa shape index (κ3) is 5.07. The van der Waals surface area contributed by atoms with Gasteiger partial charge in [0.2, 0.25) is 0 Å². The van der Waals surface area contributed by atoms with E-state index in [1.807, 2.05) is 12.1 Å². The van der Waals surface area contributed by atoms with E-state index in [0.717, 1.165) is 16.9 Å². The molecule has 0 radical (unpaired) electrons. The van der Waals surface area contributed by atoms with E-state index in [4.69, 9.17) is 23.2 Å². The van der Waals surface area contributed by atoms with Crippen molar-refractivity contribution in [3.63, 3.8) is 0 Å². The zero-order chi connectivity index (χ0) is 23.4. The summed E-state index contributed by atoms with van der Waals surface area (Å²) in [5.41, 5.74) is 1.30. The number of hydrogen-bond donors (Lipinski definition) is 1. The second-order valence-corrected chi connectivity index (χ2v) is 8.79. The third-order valence-electron chi connectivity index (χ3n) is 4.66. The van der Waals surface area contributed by atoms with Crippen LogP contribution in [0.25, 0.3) is 17.3 Å². The number of para-hydroxylation sites is 1. The van der Waals surface area contributed by atoms with Crippen LogP contribution in [0.3, 0.4) is 0 Å². The molecule has 162 valence electrons. The molecule has 1 N–H and O–H groups in total. The molecule has 4 aromatic rings. The van der Waals surface area contributed by atoms with Gasteiger partial charge < -0.3 is 5.32 Å². The van der Waals surface area contributed by atoms with E-state index in [1.165, 1.54) is 4.57 Å². The number of hydrogen-bond acceptors (Lipinski definition) is 4. The molecule has 0 unspecified atom stereocenters. The molecule has 0 spiro atoms. The maximum Gasteiger partial charge on any atom is 0.273 e. The van der Waals surface area contributed by atoms with Gasteiger partial charge in [-0.2, -0.15) is 5.26 Å². The third-order valence-corrected chi connectivity index (χ3v) is 6.26. The van der Waals surface area contributed by atoms with Crippen molar-refractivity contribution in [2.45, 2.75) is 0 Å². The first-order chi connectivity index (χ1) is 16.0. The molecule has 1 heterocycles. The van der Waals surface area contributed by atoms with E-state index >= 15 is 0 Å². The average Bonchev–Trinajstić information content (AvgIpc) is 3.13. The minimum absolute atomic E-state index is 0.174. The molecule has 0 atom stereocenters. The Balaban J connectivity index is 1.93. The summed E-state index contributed by atoms with van der Waals surface area (Å²) in [6.45, 7) is 0. The summed E-state index contributed by atoms with van der Waals surface area (Å²) in [6.07, 6.45) is 1.71. The van der Waals surface area contributed by atoms with Crippen LogP contribution in [0.2, 0.25) is 10.0 Å². The molecule has 8 heteroatoms. The predicted octanol–water partition coefficient (Wildman–Crippen LogP) is 4.35. The van der Waals surface area contributed by atoms with Gasteiger partial charge in [-0.05, 0) is 60.2 Å². The lowest BCUT2D eigenvalue weighted by atomic mass is 10.2. The van der Waals surface area contributed by atoms with Crippen molar-refractivity contribution in [2.24, 2.45) is 0 Å². The van der Waals surface area contributed by atoms with E-state index in [9.17, 15) is 14.9 Å². The number of carbonyl (C=O) groups excluding carboxylic acids is 1. The summed E-state index contributed by atoms with van der Waals surface area (Å²) >= 11 is 12.9. The number of amides is 1. The van der Waals surface area contributed by atoms with E-state index in [0.29, 0.717) is 26.0 Å². The highest BCUT2D eigenvalue weighted by molar-refractivity contribution is 7.07. The number of aromatic nitrogens is 1. The summed E-state index contributed by atoms with van der Waals surface area (Å²) < 4.78 is 2.00. The number of carbonyl (C=O) groups is 1.